The molecule has 1 aromatic carbocycles. The van der Waals surface area contributed by atoms with Crippen LogP contribution in [0.2, 0.25) is 0 Å². The summed E-state index contributed by atoms with van der Waals surface area (Å²) in [6, 6.07) is 4.60. The molecule has 0 saturated heterocycles. The molecule has 3 N–H and O–H groups in total. The lowest BCUT2D eigenvalue weighted by Crippen LogP contribution is -2.11. The fraction of sp³-hybridized carbons (Fsp3) is 0.462. The van der Waals surface area contributed by atoms with Crippen molar-refractivity contribution < 1.29 is 4.39 Å². The third-order valence-electron chi connectivity index (χ3n) is 2.43. The number of benzene rings is 1. The minimum atomic E-state index is -0.318. The van der Waals surface area contributed by atoms with Crippen molar-refractivity contribution in [3.05, 3.63) is 35.1 Å². The van der Waals surface area contributed by atoms with Crippen LogP contribution in [-0.4, -0.2) is 11.6 Å². The van der Waals surface area contributed by atoms with Crippen LogP contribution >= 0.6 is 11.8 Å². The van der Waals surface area contributed by atoms with Gasteiger partial charge < -0.3 is 5.73 Å². The van der Waals surface area contributed by atoms with E-state index in [2.05, 4.69) is 6.92 Å². The van der Waals surface area contributed by atoms with Gasteiger partial charge in [0, 0.05) is 11.3 Å². The van der Waals surface area contributed by atoms with E-state index < -0.39 is 0 Å². The molecule has 0 aliphatic carbocycles. The molecule has 0 unspecified atom stereocenters. The molecule has 0 spiro atoms. The van der Waals surface area contributed by atoms with Gasteiger partial charge in [-0.25, -0.2) is 4.39 Å². The lowest BCUT2D eigenvalue weighted by Gasteiger charge is -2.05. The van der Waals surface area contributed by atoms with E-state index in [1.807, 2.05) is 0 Å². The van der Waals surface area contributed by atoms with E-state index >= 15 is 0 Å². The first kappa shape index (κ1) is 14.0. The molecule has 0 aliphatic rings. The van der Waals surface area contributed by atoms with Crippen LogP contribution in [0.4, 0.5) is 4.39 Å². The van der Waals surface area contributed by atoms with Crippen molar-refractivity contribution in [2.45, 2.75) is 31.9 Å². The summed E-state index contributed by atoms with van der Waals surface area (Å²) in [6.07, 6.45) is 3.67. The van der Waals surface area contributed by atoms with Crippen LogP contribution in [0.25, 0.3) is 0 Å². The molecule has 4 heteroatoms. The molecule has 94 valence electrons. The lowest BCUT2D eigenvalue weighted by molar-refractivity contribution is 0.626. The summed E-state index contributed by atoms with van der Waals surface area (Å²) < 4.78 is 13.3. The number of hydrogen-bond acceptors (Lipinski definition) is 2. The second kappa shape index (κ2) is 7.33. The van der Waals surface area contributed by atoms with Gasteiger partial charge in [0.25, 0.3) is 0 Å². The van der Waals surface area contributed by atoms with E-state index in [0.29, 0.717) is 5.56 Å². The van der Waals surface area contributed by atoms with Crippen LogP contribution in [0.1, 0.15) is 37.3 Å². The molecular formula is C13H19FN2S. The van der Waals surface area contributed by atoms with Gasteiger partial charge in [-0.2, -0.15) is 11.8 Å². The number of amidine groups is 1. The van der Waals surface area contributed by atoms with Gasteiger partial charge in [-0.1, -0.05) is 19.8 Å². The molecule has 0 saturated carbocycles. The maximum atomic E-state index is 13.3. The highest BCUT2D eigenvalue weighted by Gasteiger charge is 2.03. The maximum Gasteiger partial charge on any atom is 0.124 e. The molecule has 2 nitrogen and oxygen atoms in total. The third kappa shape index (κ3) is 5.22. The lowest BCUT2D eigenvalue weighted by atomic mass is 10.1. The number of rotatable bonds is 7. The van der Waals surface area contributed by atoms with Gasteiger partial charge in [0.2, 0.25) is 0 Å². The van der Waals surface area contributed by atoms with Crippen LogP contribution in [0.3, 0.4) is 0 Å². The van der Waals surface area contributed by atoms with Gasteiger partial charge in [0.15, 0.2) is 0 Å². The number of hydrogen-bond donors (Lipinski definition) is 2. The second-order valence-corrected chi connectivity index (χ2v) is 5.13. The Morgan fingerprint density at radius 1 is 1.35 bits per heavy atom. The van der Waals surface area contributed by atoms with Gasteiger partial charge >= 0.3 is 0 Å². The first-order chi connectivity index (χ1) is 8.13. The monoisotopic (exact) mass is 254 g/mol. The molecule has 17 heavy (non-hydrogen) atoms. The van der Waals surface area contributed by atoms with Crippen LogP contribution in [-0.2, 0) is 5.75 Å². The van der Waals surface area contributed by atoms with Gasteiger partial charge in [-0.15, -0.1) is 0 Å². The summed E-state index contributed by atoms with van der Waals surface area (Å²) in [5, 5.41) is 7.30. The fourth-order valence-corrected chi connectivity index (χ4v) is 2.49. The number of nitrogens with two attached hydrogens (primary N) is 1. The zero-order valence-electron chi connectivity index (χ0n) is 10.1. The average Bonchev–Trinajstić information content (AvgIpc) is 2.28. The van der Waals surface area contributed by atoms with Crippen molar-refractivity contribution in [2.24, 2.45) is 5.73 Å². The molecule has 0 heterocycles. The summed E-state index contributed by atoms with van der Waals surface area (Å²) in [7, 11) is 0. The Hall–Kier alpha value is -1.03. The molecule has 0 bridgehead atoms. The summed E-state index contributed by atoms with van der Waals surface area (Å²) in [5.74, 6) is 1.48. The van der Waals surface area contributed by atoms with Gasteiger partial charge in [0.05, 0.1) is 0 Å². The molecule has 1 aromatic rings. The molecule has 1 rings (SSSR count). The summed E-state index contributed by atoms with van der Waals surface area (Å²) >= 11 is 1.80. The van der Waals surface area contributed by atoms with Crippen LogP contribution in [0.5, 0.6) is 0 Å². The highest BCUT2D eigenvalue weighted by molar-refractivity contribution is 7.98. The number of nitrogen functional groups attached to an aromatic ring is 1. The van der Waals surface area contributed by atoms with Crippen molar-refractivity contribution >= 4 is 17.6 Å². The quantitative estimate of drug-likeness (QED) is 0.444. The van der Waals surface area contributed by atoms with Crippen LogP contribution in [0, 0.1) is 11.2 Å². The largest absolute Gasteiger partial charge is 0.384 e. The highest BCUT2D eigenvalue weighted by atomic mass is 32.2. The minimum Gasteiger partial charge on any atom is -0.384 e. The van der Waals surface area contributed by atoms with Gasteiger partial charge in [-0.3, -0.25) is 5.41 Å². The Morgan fingerprint density at radius 2 is 2.12 bits per heavy atom. The van der Waals surface area contributed by atoms with E-state index in [1.54, 1.807) is 17.8 Å². The van der Waals surface area contributed by atoms with Crippen LogP contribution < -0.4 is 5.73 Å². The van der Waals surface area contributed by atoms with Crippen molar-refractivity contribution in [1.29, 1.82) is 5.41 Å². The Morgan fingerprint density at radius 3 is 2.76 bits per heavy atom. The topological polar surface area (TPSA) is 49.9 Å². The predicted molar refractivity (Wildman–Crippen MR) is 73.1 cm³/mol. The molecule has 0 radical (unpaired) electrons. The normalized spacial score (nSPS) is 10.5. The van der Waals surface area contributed by atoms with Crippen molar-refractivity contribution in [2.75, 3.05) is 5.75 Å². The molecular weight excluding hydrogens is 235 g/mol. The molecule has 0 atom stereocenters. The van der Waals surface area contributed by atoms with Gasteiger partial charge in [-0.05, 0) is 35.9 Å². The zero-order chi connectivity index (χ0) is 12.7. The Bertz CT molecular complexity index is 380. The van der Waals surface area contributed by atoms with E-state index in [-0.39, 0.29) is 11.7 Å². The predicted octanol–water partition coefficient (Wildman–Crippen LogP) is 3.53. The second-order valence-electron chi connectivity index (χ2n) is 4.02. The number of nitrogens with one attached hydrogen (secondary N) is 1. The fourth-order valence-electron chi connectivity index (χ4n) is 1.53. The molecule has 0 aromatic heterocycles. The van der Waals surface area contributed by atoms with E-state index in [1.165, 1.54) is 31.4 Å². The molecule has 0 aliphatic heterocycles. The molecule has 0 amide bonds. The molecule has 0 fully saturated rings. The smallest absolute Gasteiger partial charge is 0.124 e. The van der Waals surface area contributed by atoms with E-state index in [0.717, 1.165) is 17.1 Å². The summed E-state index contributed by atoms with van der Waals surface area (Å²) in [4.78, 5) is 0. The number of thioether (sulfide) groups is 1. The first-order valence-electron chi connectivity index (χ1n) is 5.85. The minimum absolute atomic E-state index is 0.0817. The Kier molecular flexibility index (Phi) is 6.05. The van der Waals surface area contributed by atoms with Crippen molar-refractivity contribution in [3.8, 4) is 0 Å². The number of halogens is 1. The van der Waals surface area contributed by atoms with E-state index in [9.17, 15) is 4.39 Å². The van der Waals surface area contributed by atoms with Crippen molar-refractivity contribution in [3.63, 3.8) is 0 Å². The number of unbranched alkanes of at least 4 members (excludes halogenated alkanes) is 2. The summed E-state index contributed by atoms with van der Waals surface area (Å²) in [5.41, 5.74) is 6.72. The zero-order valence-corrected chi connectivity index (χ0v) is 10.9. The summed E-state index contributed by atoms with van der Waals surface area (Å²) in [6.45, 7) is 2.18. The Labute approximate surface area is 106 Å². The first-order valence-corrected chi connectivity index (χ1v) is 7.00. The average molecular weight is 254 g/mol. The van der Waals surface area contributed by atoms with E-state index in [4.69, 9.17) is 11.1 Å². The Balaban J connectivity index is 2.50. The highest BCUT2D eigenvalue weighted by Crippen LogP contribution is 2.17. The standard InChI is InChI=1S/C13H19FN2S/c1-2-3-4-5-17-9-10-6-11(13(15)16)8-12(14)7-10/h6-8H,2-5,9H2,1H3,(H3,15,16). The van der Waals surface area contributed by atoms with Crippen molar-refractivity contribution in [1.82, 2.24) is 0 Å². The SMILES string of the molecule is CCCCCSCc1cc(F)cc(C(=N)N)c1. The maximum absolute atomic E-state index is 13.3. The third-order valence-corrected chi connectivity index (χ3v) is 3.54. The van der Waals surface area contributed by atoms with Gasteiger partial charge in [0.1, 0.15) is 11.7 Å². The van der Waals surface area contributed by atoms with Crippen LogP contribution in [0.15, 0.2) is 18.2 Å².